The summed E-state index contributed by atoms with van der Waals surface area (Å²) in [5.74, 6) is 0. The van der Waals surface area contributed by atoms with E-state index < -0.39 is 0 Å². The quantitative estimate of drug-likeness (QED) is 0.714. The van der Waals surface area contributed by atoms with Crippen LogP contribution in [0.5, 0.6) is 0 Å². The van der Waals surface area contributed by atoms with Gasteiger partial charge in [0.1, 0.15) is 0 Å². The van der Waals surface area contributed by atoms with Gasteiger partial charge >= 0.3 is 60.8 Å². The summed E-state index contributed by atoms with van der Waals surface area (Å²) in [6, 6.07) is 4.03. The third-order valence-corrected chi connectivity index (χ3v) is 1.76. The standard InChI is InChI=1S/C6H6N.Au.ClH/c1-6-2-4-7-5-3-6;;/h2-5H,1H2;;1H. The molecule has 0 N–H and O–H groups in total. The van der Waals surface area contributed by atoms with Gasteiger partial charge in [-0.1, -0.05) is 0 Å². The van der Waals surface area contributed by atoms with Gasteiger partial charge in [0.2, 0.25) is 0 Å². The van der Waals surface area contributed by atoms with E-state index >= 15 is 0 Å². The predicted octanol–water partition coefficient (Wildman–Crippen LogP) is 1.55. The van der Waals surface area contributed by atoms with Crippen LogP contribution in [0.1, 0.15) is 5.56 Å². The molecule has 0 atom stereocenters. The zero-order valence-corrected chi connectivity index (χ0v) is 7.66. The van der Waals surface area contributed by atoms with Crippen LogP contribution in [0.2, 0.25) is 0 Å². The van der Waals surface area contributed by atoms with Crippen molar-refractivity contribution >= 4 is 12.4 Å². The Hall–Kier alpha value is 0.180. The third kappa shape index (κ3) is 3.01. The molecule has 0 saturated heterocycles. The Kier molecular flexibility index (Phi) is 5.10. The van der Waals surface area contributed by atoms with E-state index in [1.807, 2.05) is 24.5 Å². The fraction of sp³-hybridized carbons (Fsp3) is 0.167. The van der Waals surface area contributed by atoms with Gasteiger partial charge in [0.15, 0.2) is 0 Å². The van der Waals surface area contributed by atoms with Gasteiger partial charge < -0.3 is 0 Å². The molecule has 0 unspecified atom stereocenters. The van der Waals surface area contributed by atoms with Crippen molar-refractivity contribution in [2.45, 2.75) is 4.64 Å². The average Bonchev–Trinajstić information content (AvgIpc) is 1.90. The van der Waals surface area contributed by atoms with Crippen molar-refractivity contribution in [1.82, 2.24) is 4.98 Å². The Labute approximate surface area is 73.2 Å². The van der Waals surface area contributed by atoms with E-state index in [-0.39, 0.29) is 12.4 Å². The average molecular weight is 326 g/mol. The molecule has 0 aliphatic heterocycles. The molecule has 0 aliphatic carbocycles. The summed E-state index contributed by atoms with van der Waals surface area (Å²) in [6.45, 7) is 0. The van der Waals surface area contributed by atoms with E-state index in [1.165, 1.54) is 5.56 Å². The molecule has 1 heterocycles. The van der Waals surface area contributed by atoms with Crippen LogP contribution in [0.3, 0.4) is 0 Å². The first-order valence-corrected chi connectivity index (χ1v) is 3.86. The SMILES string of the molecule is Cl.[Au][CH2]c1ccncc1. The van der Waals surface area contributed by atoms with Gasteiger partial charge in [-0.05, 0) is 0 Å². The Morgan fingerprint density at radius 2 is 1.89 bits per heavy atom. The second kappa shape index (κ2) is 5.00. The number of halogens is 1. The van der Waals surface area contributed by atoms with Crippen LogP contribution in [0, 0.1) is 0 Å². The van der Waals surface area contributed by atoms with Crippen molar-refractivity contribution in [3.8, 4) is 0 Å². The molecule has 9 heavy (non-hydrogen) atoms. The summed E-state index contributed by atoms with van der Waals surface area (Å²) < 4.78 is 1.04. The summed E-state index contributed by atoms with van der Waals surface area (Å²) in [7, 11) is 0. The molecule has 1 rings (SSSR count). The van der Waals surface area contributed by atoms with Crippen LogP contribution in [0.15, 0.2) is 24.5 Å². The Morgan fingerprint density at radius 3 is 2.22 bits per heavy atom. The number of pyridine rings is 1. The van der Waals surface area contributed by atoms with E-state index in [1.54, 1.807) is 0 Å². The summed E-state index contributed by atoms with van der Waals surface area (Å²) in [4.78, 5) is 3.89. The first-order valence-electron chi connectivity index (χ1n) is 2.33. The fourth-order valence-corrected chi connectivity index (χ4v) is 0.964. The van der Waals surface area contributed by atoms with Crippen LogP contribution in [-0.2, 0) is 25.7 Å². The molecular formula is C6H7AuClN. The van der Waals surface area contributed by atoms with E-state index in [0.29, 0.717) is 0 Å². The molecule has 0 amide bonds. The number of nitrogens with zero attached hydrogens (tertiary/aromatic N) is 1. The van der Waals surface area contributed by atoms with Crippen LogP contribution in [0.4, 0.5) is 0 Å². The molecule has 0 bridgehead atoms. The topological polar surface area (TPSA) is 12.9 Å². The van der Waals surface area contributed by atoms with Crippen LogP contribution in [-0.4, -0.2) is 4.98 Å². The fourth-order valence-electron chi connectivity index (χ4n) is 0.454. The molecule has 54 valence electrons. The van der Waals surface area contributed by atoms with Gasteiger partial charge in [0, 0.05) is 0 Å². The minimum absolute atomic E-state index is 0. The van der Waals surface area contributed by atoms with Crippen molar-refractivity contribution < 1.29 is 21.1 Å². The van der Waals surface area contributed by atoms with Crippen LogP contribution < -0.4 is 0 Å². The van der Waals surface area contributed by atoms with Crippen molar-refractivity contribution in [3.63, 3.8) is 0 Å². The molecule has 0 aliphatic rings. The van der Waals surface area contributed by atoms with Crippen molar-refractivity contribution in [1.29, 1.82) is 0 Å². The Balaban J connectivity index is 0.000000640. The monoisotopic (exact) mass is 325 g/mol. The zero-order chi connectivity index (χ0) is 5.82. The normalized spacial score (nSPS) is 8.22. The van der Waals surface area contributed by atoms with Gasteiger partial charge in [-0.25, -0.2) is 0 Å². The second-order valence-electron chi connectivity index (χ2n) is 1.46. The number of aromatic nitrogens is 1. The van der Waals surface area contributed by atoms with E-state index in [0.717, 1.165) is 4.64 Å². The molecule has 3 heteroatoms. The van der Waals surface area contributed by atoms with Crippen molar-refractivity contribution in [2.24, 2.45) is 0 Å². The molecule has 1 aromatic rings. The summed E-state index contributed by atoms with van der Waals surface area (Å²) in [5, 5.41) is 0. The summed E-state index contributed by atoms with van der Waals surface area (Å²) in [6.07, 6.45) is 3.62. The number of hydrogen-bond acceptors (Lipinski definition) is 1. The van der Waals surface area contributed by atoms with Gasteiger partial charge in [-0.2, -0.15) is 0 Å². The maximum atomic E-state index is 3.89. The van der Waals surface area contributed by atoms with E-state index in [4.69, 9.17) is 0 Å². The Morgan fingerprint density at radius 1 is 1.33 bits per heavy atom. The predicted molar refractivity (Wildman–Crippen MR) is 35.2 cm³/mol. The molecule has 1 aromatic heterocycles. The van der Waals surface area contributed by atoms with E-state index in [9.17, 15) is 0 Å². The first kappa shape index (κ1) is 9.18. The second-order valence-corrected chi connectivity index (χ2v) is 2.23. The van der Waals surface area contributed by atoms with E-state index in [2.05, 4.69) is 26.1 Å². The van der Waals surface area contributed by atoms with Gasteiger partial charge in [0.25, 0.3) is 0 Å². The number of rotatable bonds is 1. The number of hydrogen-bond donors (Lipinski definition) is 0. The Bertz CT molecular complexity index is 154. The molecule has 0 radical (unpaired) electrons. The van der Waals surface area contributed by atoms with Gasteiger partial charge in [0.05, 0.1) is 0 Å². The molecule has 0 saturated carbocycles. The van der Waals surface area contributed by atoms with Crippen molar-refractivity contribution in [3.05, 3.63) is 30.1 Å². The third-order valence-electron chi connectivity index (χ3n) is 0.872. The summed E-state index contributed by atoms with van der Waals surface area (Å²) >= 11 is 2.49. The minimum atomic E-state index is 0. The molecule has 0 spiro atoms. The zero-order valence-electron chi connectivity index (χ0n) is 4.67. The maximum absolute atomic E-state index is 3.89. The molecular weight excluding hydrogens is 318 g/mol. The molecule has 1 nitrogen and oxygen atoms in total. The van der Waals surface area contributed by atoms with Gasteiger partial charge in [-0.3, -0.25) is 0 Å². The van der Waals surface area contributed by atoms with Crippen LogP contribution >= 0.6 is 12.4 Å². The molecule has 0 aromatic carbocycles. The first-order chi connectivity index (χ1) is 3.93. The van der Waals surface area contributed by atoms with Crippen LogP contribution in [0.25, 0.3) is 0 Å². The van der Waals surface area contributed by atoms with Gasteiger partial charge in [-0.15, -0.1) is 12.4 Å². The summed E-state index contributed by atoms with van der Waals surface area (Å²) in [5.41, 5.74) is 1.32. The van der Waals surface area contributed by atoms with Crippen molar-refractivity contribution in [2.75, 3.05) is 0 Å². The molecule has 0 fully saturated rings.